The molecule has 120 valence electrons. The largest absolute Gasteiger partial charge is 0.378 e. The van der Waals surface area contributed by atoms with E-state index in [9.17, 15) is 0 Å². The van der Waals surface area contributed by atoms with E-state index in [0.29, 0.717) is 19.1 Å². The molecule has 0 aliphatic carbocycles. The van der Waals surface area contributed by atoms with Crippen LogP contribution in [0.4, 0.5) is 5.82 Å². The van der Waals surface area contributed by atoms with Crippen molar-refractivity contribution in [3.8, 4) is 0 Å². The zero-order valence-electron chi connectivity index (χ0n) is 13.6. The molecule has 0 spiro atoms. The minimum Gasteiger partial charge on any atom is -0.378 e. The van der Waals surface area contributed by atoms with Gasteiger partial charge in [-0.2, -0.15) is 0 Å². The third-order valence-corrected chi connectivity index (χ3v) is 4.10. The molecule has 0 aliphatic heterocycles. The maximum Gasteiger partial charge on any atom is 0.160 e. The number of anilines is 1. The fraction of sp³-hybridized carbons (Fsp3) is 0.733. The summed E-state index contributed by atoms with van der Waals surface area (Å²) in [7, 11) is 1.68. The molecule has 0 saturated carbocycles. The van der Waals surface area contributed by atoms with Gasteiger partial charge in [0.05, 0.1) is 15.9 Å². The van der Waals surface area contributed by atoms with Crippen LogP contribution in [0.3, 0.4) is 0 Å². The first-order valence-corrected chi connectivity index (χ1v) is 8.53. The van der Waals surface area contributed by atoms with Crippen LogP contribution in [0, 0.1) is 9.49 Å². The van der Waals surface area contributed by atoms with Crippen LogP contribution in [0.1, 0.15) is 51.7 Å². The molecule has 1 rings (SSSR count). The van der Waals surface area contributed by atoms with Gasteiger partial charge >= 0.3 is 0 Å². The van der Waals surface area contributed by atoms with Gasteiger partial charge in [-0.3, -0.25) is 0 Å². The first-order chi connectivity index (χ1) is 10.0. The molecule has 1 N–H and O–H groups in total. The van der Waals surface area contributed by atoms with E-state index in [1.165, 1.54) is 0 Å². The van der Waals surface area contributed by atoms with Crippen LogP contribution >= 0.6 is 22.6 Å². The summed E-state index contributed by atoms with van der Waals surface area (Å²) in [5, 5.41) is 3.37. The first-order valence-electron chi connectivity index (χ1n) is 7.45. The SMILES string of the molecule is CCCNc1nc(C(OCC)C(C)C)nc(COC)c1I. The molecule has 1 atom stereocenters. The normalized spacial score (nSPS) is 12.7. The standard InChI is InChI=1S/C15H26IN3O2/c1-6-8-17-14-12(16)11(9-20-5)18-15(19-14)13(10(3)4)21-7-2/h10,13H,6-9H2,1-5H3,(H,17,18,19). The van der Waals surface area contributed by atoms with Crippen molar-refractivity contribution >= 4 is 28.4 Å². The van der Waals surface area contributed by atoms with E-state index in [2.05, 4.69) is 58.6 Å². The lowest BCUT2D eigenvalue weighted by Crippen LogP contribution is -2.18. The number of rotatable bonds is 9. The van der Waals surface area contributed by atoms with Crippen LogP contribution in [-0.4, -0.2) is 30.2 Å². The second kappa shape index (κ2) is 9.53. The monoisotopic (exact) mass is 407 g/mol. The van der Waals surface area contributed by atoms with Crippen LogP contribution in [-0.2, 0) is 16.1 Å². The maximum atomic E-state index is 5.83. The fourth-order valence-electron chi connectivity index (χ4n) is 1.98. The van der Waals surface area contributed by atoms with E-state index in [4.69, 9.17) is 9.47 Å². The van der Waals surface area contributed by atoms with Crippen molar-refractivity contribution in [1.29, 1.82) is 0 Å². The van der Waals surface area contributed by atoms with Gasteiger partial charge in [-0.15, -0.1) is 0 Å². The summed E-state index contributed by atoms with van der Waals surface area (Å²) in [6.07, 6.45) is 0.957. The topological polar surface area (TPSA) is 56.3 Å². The molecule has 1 aromatic rings. The number of nitrogens with zero attached hydrogens (tertiary/aromatic N) is 2. The smallest absolute Gasteiger partial charge is 0.160 e. The Labute approximate surface area is 141 Å². The van der Waals surface area contributed by atoms with Crippen LogP contribution in [0.5, 0.6) is 0 Å². The summed E-state index contributed by atoms with van der Waals surface area (Å²) in [5.41, 5.74) is 0.909. The van der Waals surface area contributed by atoms with Gasteiger partial charge < -0.3 is 14.8 Å². The van der Waals surface area contributed by atoms with Crippen molar-refractivity contribution in [3.05, 3.63) is 15.1 Å². The Bertz CT molecular complexity index is 441. The Morgan fingerprint density at radius 2 is 1.95 bits per heavy atom. The van der Waals surface area contributed by atoms with E-state index >= 15 is 0 Å². The molecule has 21 heavy (non-hydrogen) atoms. The van der Waals surface area contributed by atoms with E-state index in [1.54, 1.807) is 7.11 Å². The number of hydrogen-bond donors (Lipinski definition) is 1. The molecular formula is C15H26IN3O2. The highest BCUT2D eigenvalue weighted by Crippen LogP contribution is 2.27. The average molecular weight is 407 g/mol. The van der Waals surface area contributed by atoms with Crippen molar-refractivity contribution in [3.63, 3.8) is 0 Å². The van der Waals surface area contributed by atoms with E-state index < -0.39 is 0 Å². The van der Waals surface area contributed by atoms with E-state index in [-0.39, 0.29) is 6.10 Å². The van der Waals surface area contributed by atoms with Gasteiger partial charge in [0.1, 0.15) is 11.9 Å². The molecule has 0 fully saturated rings. The van der Waals surface area contributed by atoms with Gasteiger partial charge in [0.25, 0.3) is 0 Å². The van der Waals surface area contributed by atoms with E-state index in [0.717, 1.165) is 33.9 Å². The zero-order valence-corrected chi connectivity index (χ0v) is 15.7. The zero-order chi connectivity index (χ0) is 15.8. The van der Waals surface area contributed by atoms with Crippen molar-refractivity contribution in [2.45, 2.75) is 46.8 Å². The van der Waals surface area contributed by atoms with Gasteiger partial charge in [0.15, 0.2) is 5.82 Å². The Balaban J connectivity index is 3.20. The molecule has 6 heteroatoms. The Kier molecular flexibility index (Phi) is 8.43. The Morgan fingerprint density at radius 1 is 1.24 bits per heavy atom. The maximum absolute atomic E-state index is 5.83. The van der Waals surface area contributed by atoms with Gasteiger partial charge in [0, 0.05) is 20.3 Å². The Morgan fingerprint density at radius 3 is 2.48 bits per heavy atom. The summed E-state index contributed by atoms with van der Waals surface area (Å²) in [5.74, 6) is 1.93. The van der Waals surface area contributed by atoms with Gasteiger partial charge in [-0.25, -0.2) is 9.97 Å². The summed E-state index contributed by atoms with van der Waals surface area (Å²) in [6, 6.07) is 0. The summed E-state index contributed by atoms with van der Waals surface area (Å²) in [4.78, 5) is 9.34. The molecule has 0 amide bonds. The molecule has 0 saturated heterocycles. The first kappa shape index (κ1) is 18.6. The second-order valence-electron chi connectivity index (χ2n) is 5.17. The molecule has 1 aromatic heterocycles. The Hall–Kier alpha value is -0.470. The molecule has 1 heterocycles. The summed E-state index contributed by atoms with van der Waals surface area (Å²) < 4.78 is 12.1. The quantitative estimate of drug-likeness (QED) is 0.632. The highest BCUT2D eigenvalue weighted by molar-refractivity contribution is 14.1. The predicted molar refractivity (Wildman–Crippen MR) is 93.4 cm³/mol. The molecule has 0 bridgehead atoms. The minimum absolute atomic E-state index is 0.0928. The molecule has 1 unspecified atom stereocenters. The molecule has 0 radical (unpaired) electrons. The third-order valence-electron chi connectivity index (χ3n) is 2.97. The van der Waals surface area contributed by atoms with Crippen LogP contribution < -0.4 is 5.32 Å². The van der Waals surface area contributed by atoms with E-state index in [1.807, 2.05) is 6.92 Å². The summed E-state index contributed by atoms with van der Waals surface area (Å²) in [6.45, 7) is 10.4. The van der Waals surface area contributed by atoms with Crippen molar-refractivity contribution < 1.29 is 9.47 Å². The number of halogens is 1. The summed E-state index contributed by atoms with van der Waals surface area (Å²) >= 11 is 2.27. The number of aromatic nitrogens is 2. The van der Waals surface area contributed by atoms with Gasteiger partial charge in [-0.05, 0) is 41.9 Å². The van der Waals surface area contributed by atoms with Crippen LogP contribution in [0.2, 0.25) is 0 Å². The predicted octanol–water partition coefficient (Wildman–Crippen LogP) is 3.78. The lowest BCUT2D eigenvalue weighted by molar-refractivity contribution is 0.0228. The van der Waals surface area contributed by atoms with Gasteiger partial charge in [0.2, 0.25) is 0 Å². The molecule has 0 aromatic carbocycles. The molecular weight excluding hydrogens is 381 g/mol. The minimum atomic E-state index is -0.0928. The highest BCUT2D eigenvalue weighted by atomic mass is 127. The lowest BCUT2D eigenvalue weighted by atomic mass is 10.1. The highest BCUT2D eigenvalue weighted by Gasteiger charge is 2.22. The van der Waals surface area contributed by atoms with Crippen LogP contribution in [0.15, 0.2) is 0 Å². The third kappa shape index (κ3) is 5.34. The number of hydrogen-bond acceptors (Lipinski definition) is 5. The van der Waals surface area contributed by atoms with Crippen molar-refractivity contribution in [2.24, 2.45) is 5.92 Å². The molecule has 5 nitrogen and oxygen atoms in total. The molecule has 0 aliphatic rings. The number of ether oxygens (including phenoxy) is 2. The number of nitrogens with one attached hydrogen (secondary N) is 1. The van der Waals surface area contributed by atoms with Crippen molar-refractivity contribution in [1.82, 2.24) is 9.97 Å². The van der Waals surface area contributed by atoms with Crippen LogP contribution in [0.25, 0.3) is 0 Å². The van der Waals surface area contributed by atoms with Gasteiger partial charge in [-0.1, -0.05) is 20.8 Å². The van der Waals surface area contributed by atoms with Crippen molar-refractivity contribution in [2.75, 3.05) is 25.6 Å². The second-order valence-corrected chi connectivity index (χ2v) is 6.25. The lowest BCUT2D eigenvalue weighted by Gasteiger charge is -2.21. The number of methoxy groups -OCH3 is 1. The fourth-order valence-corrected chi connectivity index (χ4v) is 2.57. The average Bonchev–Trinajstić information content (AvgIpc) is 2.45.